The first-order chi connectivity index (χ1) is 14.0. The van der Waals surface area contributed by atoms with Crippen LogP contribution in [0.1, 0.15) is 36.5 Å². The third-order valence-corrected chi connectivity index (χ3v) is 4.42. The minimum atomic E-state index is -0.631. The van der Waals surface area contributed by atoms with Crippen LogP contribution in [0.5, 0.6) is 11.5 Å². The van der Waals surface area contributed by atoms with Crippen LogP contribution in [0.25, 0.3) is 11.5 Å². The molecule has 0 saturated carbocycles. The minimum absolute atomic E-state index is 0.208. The Morgan fingerprint density at radius 1 is 1.03 bits per heavy atom. The average molecular weight is 396 g/mol. The predicted octanol–water partition coefficient (Wildman–Crippen LogP) is 4.30. The first-order valence-electron chi connectivity index (χ1n) is 9.30. The van der Waals surface area contributed by atoms with Crippen molar-refractivity contribution in [3.05, 3.63) is 59.5 Å². The van der Waals surface area contributed by atoms with Crippen molar-refractivity contribution in [3.8, 4) is 23.0 Å². The second-order valence-corrected chi connectivity index (χ2v) is 6.66. The molecule has 29 heavy (non-hydrogen) atoms. The van der Waals surface area contributed by atoms with E-state index in [4.69, 9.17) is 18.6 Å². The van der Waals surface area contributed by atoms with Crippen LogP contribution in [-0.2, 0) is 16.0 Å². The molecular weight excluding hydrogens is 372 g/mol. The molecule has 7 nitrogen and oxygen atoms in total. The molecule has 0 aliphatic heterocycles. The van der Waals surface area contributed by atoms with E-state index in [1.54, 1.807) is 27.2 Å². The topological polar surface area (TPSA) is 83.7 Å². The first-order valence-corrected chi connectivity index (χ1v) is 9.30. The zero-order valence-corrected chi connectivity index (χ0v) is 17.0. The summed E-state index contributed by atoms with van der Waals surface area (Å²) in [6.45, 7) is 3.71. The summed E-state index contributed by atoms with van der Waals surface area (Å²) in [6.07, 6.45) is 0.0750. The van der Waals surface area contributed by atoms with E-state index < -0.39 is 6.10 Å². The van der Waals surface area contributed by atoms with E-state index >= 15 is 0 Å². The summed E-state index contributed by atoms with van der Waals surface area (Å²) in [5.41, 5.74) is 2.88. The summed E-state index contributed by atoms with van der Waals surface area (Å²) in [7, 11) is 3.17. The van der Waals surface area contributed by atoms with Crippen LogP contribution in [0.4, 0.5) is 0 Å². The number of hydrogen-bond acceptors (Lipinski definition) is 7. The van der Waals surface area contributed by atoms with Gasteiger partial charge in [-0.15, -0.1) is 10.2 Å². The second kappa shape index (κ2) is 9.23. The first kappa shape index (κ1) is 20.4. The second-order valence-electron chi connectivity index (χ2n) is 6.66. The number of aryl methyl sites for hydroxylation is 2. The number of carbonyl (C=O) groups is 1. The number of carbonyl (C=O) groups excluding carboxylic acids is 1. The molecule has 7 heteroatoms. The molecule has 0 saturated heterocycles. The van der Waals surface area contributed by atoms with Crippen molar-refractivity contribution in [2.75, 3.05) is 14.2 Å². The lowest BCUT2D eigenvalue weighted by atomic mass is 10.1. The molecule has 1 heterocycles. The van der Waals surface area contributed by atoms with E-state index in [0.717, 1.165) is 16.7 Å². The average Bonchev–Trinajstić information content (AvgIpc) is 3.23. The van der Waals surface area contributed by atoms with Crippen LogP contribution >= 0.6 is 0 Å². The van der Waals surface area contributed by atoms with Crippen molar-refractivity contribution in [3.63, 3.8) is 0 Å². The molecule has 2 aromatic carbocycles. The van der Waals surface area contributed by atoms with Crippen molar-refractivity contribution in [1.29, 1.82) is 0 Å². The maximum atomic E-state index is 12.2. The summed E-state index contributed by atoms with van der Waals surface area (Å²) >= 11 is 0. The zero-order valence-electron chi connectivity index (χ0n) is 17.0. The maximum Gasteiger partial charge on any atom is 0.306 e. The number of ether oxygens (including phenoxy) is 3. The van der Waals surface area contributed by atoms with Gasteiger partial charge >= 0.3 is 5.97 Å². The molecular formula is C22H24N2O5. The number of rotatable bonds is 8. The molecule has 152 valence electrons. The highest BCUT2D eigenvalue weighted by molar-refractivity contribution is 5.70. The van der Waals surface area contributed by atoms with Gasteiger partial charge in [-0.3, -0.25) is 4.79 Å². The molecule has 0 N–H and O–H groups in total. The fraction of sp³-hybridized carbons (Fsp3) is 0.318. The van der Waals surface area contributed by atoms with Crippen molar-refractivity contribution in [2.24, 2.45) is 0 Å². The predicted molar refractivity (Wildman–Crippen MR) is 107 cm³/mol. The monoisotopic (exact) mass is 396 g/mol. The van der Waals surface area contributed by atoms with Gasteiger partial charge in [0, 0.05) is 18.1 Å². The van der Waals surface area contributed by atoms with Crippen molar-refractivity contribution >= 4 is 5.97 Å². The molecule has 0 spiro atoms. The van der Waals surface area contributed by atoms with Gasteiger partial charge in [0.1, 0.15) is 11.5 Å². The van der Waals surface area contributed by atoms with E-state index in [-0.39, 0.29) is 18.3 Å². The van der Waals surface area contributed by atoms with Gasteiger partial charge in [0.25, 0.3) is 5.89 Å². The van der Waals surface area contributed by atoms with Gasteiger partial charge in [0.15, 0.2) is 6.10 Å². The van der Waals surface area contributed by atoms with Gasteiger partial charge in [-0.25, -0.2) is 0 Å². The van der Waals surface area contributed by atoms with Crippen LogP contribution in [0, 0.1) is 6.92 Å². The third kappa shape index (κ3) is 5.34. The van der Waals surface area contributed by atoms with Gasteiger partial charge in [0.2, 0.25) is 5.89 Å². The largest absolute Gasteiger partial charge is 0.497 e. The molecule has 0 radical (unpaired) electrons. The van der Waals surface area contributed by atoms with E-state index in [9.17, 15) is 4.79 Å². The molecule has 3 aromatic rings. The summed E-state index contributed by atoms with van der Waals surface area (Å²) in [6, 6.07) is 13.3. The van der Waals surface area contributed by atoms with E-state index in [2.05, 4.69) is 10.2 Å². The summed E-state index contributed by atoms with van der Waals surface area (Å²) < 4.78 is 21.6. The number of benzene rings is 2. The number of aromatic nitrogens is 2. The third-order valence-electron chi connectivity index (χ3n) is 4.42. The van der Waals surface area contributed by atoms with E-state index in [1.807, 2.05) is 43.3 Å². The SMILES string of the molecule is COc1cc(CCC(=O)OC(C)c2nnc(-c3ccc(C)cc3)o2)cc(OC)c1. The van der Waals surface area contributed by atoms with Crippen LogP contribution in [0.3, 0.4) is 0 Å². The molecule has 1 atom stereocenters. The molecule has 0 aliphatic carbocycles. The molecule has 0 amide bonds. The van der Waals surface area contributed by atoms with E-state index in [1.165, 1.54) is 0 Å². The molecule has 1 unspecified atom stereocenters. The molecule has 3 rings (SSSR count). The zero-order chi connectivity index (χ0) is 20.8. The Balaban J connectivity index is 1.58. The molecule has 0 bridgehead atoms. The lowest BCUT2D eigenvalue weighted by Gasteiger charge is -2.10. The number of nitrogens with zero attached hydrogens (tertiary/aromatic N) is 2. The Kier molecular flexibility index (Phi) is 6.49. The summed E-state index contributed by atoms with van der Waals surface area (Å²) in [5.74, 6) is 1.66. The minimum Gasteiger partial charge on any atom is -0.497 e. The Morgan fingerprint density at radius 2 is 1.69 bits per heavy atom. The maximum absolute atomic E-state index is 12.2. The van der Waals surface area contributed by atoms with Crippen molar-refractivity contribution in [1.82, 2.24) is 10.2 Å². The van der Waals surface area contributed by atoms with E-state index in [0.29, 0.717) is 23.8 Å². The van der Waals surface area contributed by atoms with Crippen LogP contribution in [0.2, 0.25) is 0 Å². The molecule has 1 aromatic heterocycles. The van der Waals surface area contributed by atoms with Gasteiger partial charge in [0.05, 0.1) is 14.2 Å². The lowest BCUT2D eigenvalue weighted by Crippen LogP contribution is -2.10. The van der Waals surface area contributed by atoms with Crippen LogP contribution < -0.4 is 9.47 Å². The number of esters is 1. The van der Waals surface area contributed by atoms with Crippen LogP contribution in [-0.4, -0.2) is 30.4 Å². The Morgan fingerprint density at radius 3 is 2.31 bits per heavy atom. The fourth-order valence-corrected chi connectivity index (χ4v) is 2.78. The number of methoxy groups -OCH3 is 2. The summed E-state index contributed by atoms with van der Waals surface area (Å²) in [5, 5.41) is 8.05. The Hall–Kier alpha value is -3.35. The van der Waals surface area contributed by atoms with Gasteiger partial charge in [-0.1, -0.05) is 17.7 Å². The van der Waals surface area contributed by atoms with Gasteiger partial charge in [-0.05, 0) is 50.1 Å². The highest BCUT2D eigenvalue weighted by Crippen LogP contribution is 2.25. The quantitative estimate of drug-likeness (QED) is 0.525. The molecule has 0 aliphatic rings. The molecule has 0 fully saturated rings. The highest BCUT2D eigenvalue weighted by Gasteiger charge is 2.19. The Labute approximate surface area is 169 Å². The highest BCUT2D eigenvalue weighted by atomic mass is 16.6. The van der Waals surface area contributed by atoms with Crippen molar-refractivity contribution < 1.29 is 23.4 Å². The Bertz CT molecular complexity index is 943. The van der Waals surface area contributed by atoms with Crippen molar-refractivity contribution in [2.45, 2.75) is 32.8 Å². The van der Waals surface area contributed by atoms with Crippen LogP contribution in [0.15, 0.2) is 46.9 Å². The normalized spacial score (nSPS) is 11.7. The standard InChI is InChI=1S/C22H24N2O5/c1-14-5-8-17(9-6-14)22-24-23-21(29-22)15(2)28-20(25)10-7-16-11-18(26-3)13-19(12-16)27-4/h5-6,8-9,11-13,15H,7,10H2,1-4H3. The van der Waals surface area contributed by atoms with Gasteiger partial charge < -0.3 is 18.6 Å². The fourth-order valence-electron chi connectivity index (χ4n) is 2.78. The smallest absolute Gasteiger partial charge is 0.306 e. The lowest BCUT2D eigenvalue weighted by molar-refractivity contribution is -0.149. The number of hydrogen-bond donors (Lipinski definition) is 0. The van der Waals surface area contributed by atoms with Gasteiger partial charge in [-0.2, -0.15) is 0 Å². The summed E-state index contributed by atoms with van der Waals surface area (Å²) in [4.78, 5) is 12.2.